The van der Waals surface area contributed by atoms with Crippen molar-refractivity contribution < 1.29 is 14.3 Å². The lowest BCUT2D eigenvalue weighted by molar-refractivity contribution is -0.121. The number of amides is 2. The Balaban J connectivity index is 1.87. The van der Waals surface area contributed by atoms with Crippen LogP contribution < -0.4 is 15.0 Å². The molecule has 2 aromatic carbocycles. The number of carbonyl (C=O) groups is 2. The molecule has 1 N–H and O–H groups in total. The number of hydrogen-bond acceptors (Lipinski definition) is 4. The van der Waals surface area contributed by atoms with E-state index >= 15 is 0 Å². The van der Waals surface area contributed by atoms with E-state index in [0.29, 0.717) is 11.4 Å². The first-order chi connectivity index (χ1) is 11.9. The van der Waals surface area contributed by atoms with Crippen molar-refractivity contribution >= 4 is 23.2 Å². The molecule has 130 valence electrons. The lowest BCUT2D eigenvalue weighted by Crippen LogP contribution is -2.35. The zero-order valence-electron chi connectivity index (χ0n) is 14.9. The van der Waals surface area contributed by atoms with Crippen LogP contribution >= 0.6 is 0 Å². The van der Waals surface area contributed by atoms with Crippen LogP contribution in [0.1, 0.15) is 23.1 Å². The molecular formula is C20H22N2O3. The topological polar surface area (TPSA) is 58.6 Å². The number of aryl methyl sites for hydroxylation is 3. The second kappa shape index (κ2) is 6.59. The first-order valence-electron chi connectivity index (χ1n) is 8.26. The van der Waals surface area contributed by atoms with Crippen LogP contribution in [0.15, 0.2) is 36.4 Å². The van der Waals surface area contributed by atoms with Gasteiger partial charge in [0, 0.05) is 11.8 Å². The van der Waals surface area contributed by atoms with E-state index < -0.39 is 6.04 Å². The fourth-order valence-electron chi connectivity index (χ4n) is 3.35. The maximum atomic E-state index is 12.8. The van der Waals surface area contributed by atoms with Crippen LogP contribution in [0.3, 0.4) is 0 Å². The molecule has 0 aromatic heterocycles. The van der Waals surface area contributed by atoms with Crippen LogP contribution in [-0.4, -0.2) is 25.0 Å². The maximum Gasteiger partial charge on any atom is 0.256 e. The highest BCUT2D eigenvalue weighted by atomic mass is 16.5. The number of benzene rings is 2. The minimum atomic E-state index is -0.557. The van der Waals surface area contributed by atoms with Crippen molar-refractivity contribution in [3.63, 3.8) is 0 Å². The molecule has 0 spiro atoms. The molecule has 1 fully saturated rings. The van der Waals surface area contributed by atoms with Crippen LogP contribution in [0.25, 0.3) is 0 Å². The highest BCUT2D eigenvalue weighted by Crippen LogP contribution is 2.29. The molecule has 0 bridgehead atoms. The number of ether oxygens (including phenoxy) is 1. The number of rotatable bonds is 4. The molecule has 0 saturated carbocycles. The lowest BCUT2D eigenvalue weighted by atomic mass is 10.0. The van der Waals surface area contributed by atoms with Gasteiger partial charge in [-0.3, -0.25) is 9.59 Å². The van der Waals surface area contributed by atoms with E-state index in [4.69, 9.17) is 4.74 Å². The Hall–Kier alpha value is -2.82. The summed E-state index contributed by atoms with van der Waals surface area (Å²) >= 11 is 0. The number of hydrogen-bond donors (Lipinski definition) is 1. The predicted molar refractivity (Wildman–Crippen MR) is 98.2 cm³/mol. The summed E-state index contributed by atoms with van der Waals surface area (Å²) in [7, 11) is 1.56. The Morgan fingerprint density at radius 1 is 1.08 bits per heavy atom. The molecule has 3 rings (SSSR count). The van der Waals surface area contributed by atoms with Crippen LogP contribution in [0.2, 0.25) is 0 Å². The summed E-state index contributed by atoms with van der Waals surface area (Å²) < 4.78 is 5.19. The van der Waals surface area contributed by atoms with E-state index in [1.807, 2.05) is 20.8 Å². The molecular weight excluding hydrogens is 316 g/mol. The number of methoxy groups -OCH3 is 1. The van der Waals surface area contributed by atoms with E-state index in [0.717, 1.165) is 16.8 Å². The van der Waals surface area contributed by atoms with Gasteiger partial charge < -0.3 is 10.1 Å². The first-order valence-corrected chi connectivity index (χ1v) is 8.26. The molecule has 0 radical (unpaired) electrons. The van der Waals surface area contributed by atoms with Gasteiger partial charge in [-0.2, -0.15) is 0 Å². The first kappa shape index (κ1) is 17.0. The predicted octanol–water partition coefficient (Wildman–Crippen LogP) is 3.36. The molecule has 0 aliphatic carbocycles. The van der Waals surface area contributed by atoms with E-state index in [-0.39, 0.29) is 18.2 Å². The van der Waals surface area contributed by atoms with Crippen molar-refractivity contribution in [2.45, 2.75) is 33.2 Å². The summed E-state index contributed by atoms with van der Waals surface area (Å²) in [5.41, 5.74) is 4.77. The second-order valence-corrected chi connectivity index (χ2v) is 6.44. The molecule has 1 aliphatic heterocycles. The van der Waals surface area contributed by atoms with Gasteiger partial charge in [0.05, 0.1) is 19.2 Å². The number of anilines is 2. The molecule has 1 unspecified atom stereocenters. The van der Waals surface area contributed by atoms with Crippen molar-refractivity contribution in [2.75, 3.05) is 17.3 Å². The zero-order chi connectivity index (χ0) is 18.1. The average Bonchev–Trinajstić information content (AvgIpc) is 2.84. The lowest BCUT2D eigenvalue weighted by Gasteiger charge is -2.19. The van der Waals surface area contributed by atoms with E-state index in [1.165, 1.54) is 10.5 Å². The van der Waals surface area contributed by atoms with Gasteiger partial charge in [-0.1, -0.05) is 23.8 Å². The van der Waals surface area contributed by atoms with Crippen LogP contribution in [0, 0.1) is 20.8 Å². The van der Waals surface area contributed by atoms with Crippen molar-refractivity contribution in [1.29, 1.82) is 0 Å². The Kier molecular flexibility index (Phi) is 4.49. The van der Waals surface area contributed by atoms with Gasteiger partial charge in [-0.25, -0.2) is 4.90 Å². The molecule has 2 amide bonds. The Bertz CT molecular complexity index is 822. The summed E-state index contributed by atoms with van der Waals surface area (Å²) in [6, 6.07) is 10.6. The minimum absolute atomic E-state index is 0.142. The molecule has 1 atom stereocenters. The SMILES string of the molecule is COc1cccc(N2C(=O)CC(Nc3c(C)cc(C)cc3C)C2=O)c1. The highest BCUT2D eigenvalue weighted by Gasteiger charge is 2.40. The molecule has 1 saturated heterocycles. The van der Waals surface area contributed by atoms with Crippen LogP contribution in [-0.2, 0) is 9.59 Å². The Morgan fingerprint density at radius 3 is 2.40 bits per heavy atom. The average molecular weight is 338 g/mol. The molecule has 2 aromatic rings. The highest BCUT2D eigenvalue weighted by molar-refractivity contribution is 6.23. The molecule has 1 heterocycles. The Morgan fingerprint density at radius 2 is 1.76 bits per heavy atom. The molecule has 1 aliphatic rings. The van der Waals surface area contributed by atoms with Crippen molar-refractivity contribution in [3.8, 4) is 5.75 Å². The minimum Gasteiger partial charge on any atom is -0.497 e. The standard InChI is InChI=1S/C20H22N2O3/c1-12-8-13(2)19(14(3)9-12)21-17-11-18(23)22(20(17)24)15-6-5-7-16(10-15)25-4/h5-10,17,21H,11H2,1-4H3. The second-order valence-electron chi connectivity index (χ2n) is 6.44. The van der Waals surface area contributed by atoms with Crippen molar-refractivity contribution in [3.05, 3.63) is 53.1 Å². The third-order valence-electron chi connectivity index (χ3n) is 4.45. The maximum absolute atomic E-state index is 12.8. The fraction of sp³-hybridized carbons (Fsp3) is 0.300. The molecule has 25 heavy (non-hydrogen) atoms. The number of nitrogens with one attached hydrogen (secondary N) is 1. The number of imide groups is 1. The van der Waals surface area contributed by atoms with Gasteiger partial charge in [0.1, 0.15) is 11.8 Å². The summed E-state index contributed by atoms with van der Waals surface area (Å²) in [5, 5.41) is 3.27. The van der Waals surface area contributed by atoms with Crippen LogP contribution in [0.4, 0.5) is 11.4 Å². The Labute approximate surface area is 147 Å². The van der Waals surface area contributed by atoms with Crippen molar-refractivity contribution in [2.24, 2.45) is 0 Å². The van der Waals surface area contributed by atoms with Gasteiger partial charge in [-0.15, -0.1) is 0 Å². The molecule has 5 nitrogen and oxygen atoms in total. The van der Waals surface area contributed by atoms with Gasteiger partial charge in [0.25, 0.3) is 5.91 Å². The molecule has 5 heteroatoms. The fourth-order valence-corrected chi connectivity index (χ4v) is 3.35. The van der Waals surface area contributed by atoms with Crippen molar-refractivity contribution in [1.82, 2.24) is 0 Å². The van der Waals surface area contributed by atoms with Gasteiger partial charge in [-0.05, 0) is 44.0 Å². The number of nitrogens with zero attached hydrogens (tertiary/aromatic N) is 1. The van der Waals surface area contributed by atoms with Crippen LogP contribution in [0.5, 0.6) is 5.75 Å². The normalized spacial score (nSPS) is 17.1. The summed E-state index contributed by atoms with van der Waals surface area (Å²) in [6.45, 7) is 6.05. The smallest absolute Gasteiger partial charge is 0.256 e. The number of carbonyl (C=O) groups excluding carboxylic acids is 2. The third kappa shape index (κ3) is 3.22. The summed E-state index contributed by atoms with van der Waals surface area (Å²) in [5.74, 6) is 0.163. The van der Waals surface area contributed by atoms with E-state index in [2.05, 4.69) is 17.4 Å². The summed E-state index contributed by atoms with van der Waals surface area (Å²) in [6.07, 6.45) is 0.142. The van der Waals surface area contributed by atoms with E-state index in [1.54, 1.807) is 31.4 Å². The monoisotopic (exact) mass is 338 g/mol. The van der Waals surface area contributed by atoms with E-state index in [9.17, 15) is 9.59 Å². The van der Waals surface area contributed by atoms with Gasteiger partial charge in [0.15, 0.2) is 0 Å². The largest absolute Gasteiger partial charge is 0.497 e. The van der Waals surface area contributed by atoms with Gasteiger partial charge in [0.2, 0.25) is 5.91 Å². The van der Waals surface area contributed by atoms with Gasteiger partial charge >= 0.3 is 0 Å². The zero-order valence-corrected chi connectivity index (χ0v) is 14.9. The summed E-state index contributed by atoms with van der Waals surface area (Å²) in [4.78, 5) is 26.5. The third-order valence-corrected chi connectivity index (χ3v) is 4.45. The quantitative estimate of drug-likeness (QED) is 0.869.